The van der Waals surface area contributed by atoms with Crippen molar-refractivity contribution in [1.29, 1.82) is 0 Å². The highest BCUT2D eigenvalue weighted by Crippen LogP contribution is 2.31. The number of benzene rings is 2. The van der Waals surface area contributed by atoms with Crippen molar-refractivity contribution in [2.75, 3.05) is 18.9 Å². The van der Waals surface area contributed by atoms with Crippen LogP contribution < -0.4 is 11.1 Å². The van der Waals surface area contributed by atoms with E-state index in [1.165, 1.54) is 16.8 Å². The summed E-state index contributed by atoms with van der Waals surface area (Å²) in [6.07, 6.45) is -4.27. The van der Waals surface area contributed by atoms with Crippen LogP contribution in [0.2, 0.25) is 0 Å². The van der Waals surface area contributed by atoms with E-state index in [2.05, 4.69) is 9.28 Å². The second-order valence-corrected chi connectivity index (χ2v) is 9.05. The molecule has 1 amide bonds. The third-order valence-corrected chi connectivity index (χ3v) is 6.16. The summed E-state index contributed by atoms with van der Waals surface area (Å²) in [4.78, 5) is 12.1. The van der Waals surface area contributed by atoms with Crippen LogP contribution in [0, 0.1) is 6.92 Å². The summed E-state index contributed by atoms with van der Waals surface area (Å²) in [6.45, 7) is -1.38. The maximum Gasteiger partial charge on any atom is 0.421 e. The first-order chi connectivity index (χ1) is 15.8. The Morgan fingerprint density at radius 3 is 2.35 bits per heavy atom. The van der Waals surface area contributed by atoms with Gasteiger partial charge < -0.3 is 16.2 Å². The zero-order chi connectivity index (χ0) is 25.1. The van der Waals surface area contributed by atoms with Crippen LogP contribution in [-0.4, -0.2) is 54.1 Å². The summed E-state index contributed by atoms with van der Waals surface area (Å²) in [5, 5.41) is 16.0. The number of amides is 1. The third-order valence-electron chi connectivity index (χ3n) is 4.88. The van der Waals surface area contributed by atoms with E-state index in [1.807, 2.05) is 5.32 Å². The van der Waals surface area contributed by atoms with Crippen molar-refractivity contribution in [3.63, 3.8) is 0 Å². The number of aliphatic hydroxyl groups is 1. The quantitative estimate of drug-likeness (QED) is 0.405. The number of hydrogen-bond donors (Lipinski definition) is 3. The monoisotopic (exact) mass is 498 g/mol. The number of nitrogens with two attached hydrogens (primary N) is 1. The molecule has 1 aromatic heterocycles. The van der Waals surface area contributed by atoms with E-state index in [4.69, 9.17) is 5.73 Å². The predicted octanol–water partition coefficient (Wildman–Crippen LogP) is 2.19. The summed E-state index contributed by atoms with van der Waals surface area (Å²) >= 11 is 0. The molecule has 34 heavy (non-hydrogen) atoms. The number of nitrogens with one attached hydrogen (secondary N) is 1. The van der Waals surface area contributed by atoms with Crippen molar-refractivity contribution in [1.82, 2.24) is 15.1 Å². The average Bonchev–Trinajstić information content (AvgIpc) is 3.17. The lowest BCUT2D eigenvalue weighted by Crippen LogP contribution is -2.57. The molecule has 0 aliphatic heterocycles. The number of carbonyl (C=O) groups is 1. The zero-order valence-electron chi connectivity index (χ0n) is 17.8. The molecule has 0 aliphatic rings. The number of alkyl halides is 3. The lowest BCUT2D eigenvalue weighted by molar-refractivity contribution is -0.264. The normalized spacial score (nSPS) is 13.9. The Bertz CT molecular complexity index is 1260. The Kier molecular flexibility index (Phi) is 7.00. The van der Waals surface area contributed by atoms with Crippen molar-refractivity contribution in [3.8, 4) is 5.69 Å². The Morgan fingerprint density at radius 2 is 1.76 bits per heavy atom. The van der Waals surface area contributed by atoms with Crippen LogP contribution in [0.5, 0.6) is 0 Å². The number of nitrogen functional groups attached to an aromatic ring is 1. The van der Waals surface area contributed by atoms with Crippen LogP contribution in [0.3, 0.4) is 0 Å². The van der Waals surface area contributed by atoms with Gasteiger partial charge in [-0.1, -0.05) is 35.9 Å². The minimum absolute atomic E-state index is 0.141. The minimum Gasteiger partial charge on any atom is -0.383 e. The number of carbonyl (C=O) groups excluding carboxylic acids is 1. The molecule has 1 unspecified atom stereocenters. The molecular weight excluding hydrogens is 477 g/mol. The fourth-order valence-corrected chi connectivity index (χ4v) is 3.77. The first kappa shape index (κ1) is 25.2. The molecule has 4 N–H and O–H groups in total. The lowest BCUT2D eigenvalue weighted by Gasteiger charge is -2.30. The largest absolute Gasteiger partial charge is 0.421 e. The van der Waals surface area contributed by atoms with Gasteiger partial charge in [0.15, 0.2) is 0 Å². The number of nitrogens with zero attached hydrogens (tertiary/aromatic N) is 2. The van der Waals surface area contributed by atoms with Crippen LogP contribution in [0.4, 0.5) is 19.0 Å². The molecule has 1 heterocycles. The van der Waals surface area contributed by atoms with Crippen LogP contribution in [0.1, 0.15) is 15.9 Å². The minimum atomic E-state index is -5.33. The number of hydrogen-bond acceptors (Lipinski definition) is 7. The fourth-order valence-electron chi connectivity index (χ4n) is 2.81. The van der Waals surface area contributed by atoms with Gasteiger partial charge in [0.1, 0.15) is 18.0 Å². The number of para-hydroxylation sites is 1. The van der Waals surface area contributed by atoms with Crippen LogP contribution >= 0.6 is 0 Å². The van der Waals surface area contributed by atoms with Crippen LogP contribution in [0.15, 0.2) is 65.7 Å². The molecule has 9 nitrogen and oxygen atoms in total. The smallest absolute Gasteiger partial charge is 0.383 e. The van der Waals surface area contributed by atoms with Gasteiger partial charge in [0.2, 0.25) is 5.60 Å². The molecule has 0 aliphatic carbocycles. The molecule has 0 saturated heterocycles. The summed E-state index contributed by atoms with van der Waals surface area (Å²) in [7, 11) is -4.60. The molecule has 1 atom stereocenters. The van der Waals surface area contributed by atoms with Gasteiger partial charge >= 0.3 is 6.18 Å². The molecule has 0 spiro atoms. The van der Waals surface area contributed by atoms with E-state index < -0.39 is 41.0 Å². The zero-order valence-corrected chi connectivity index (χ0v) is 18.6. The van der Waals surface area contributed by atoms with Crippen molar-refractivity contribution < 1.29 is 35.7 Å². The first-order valence-corrected chi connectivity index (χ1v) is 11.2. The molecule has 0 radical (unpaired) electrons. The second-order valence-electron chi connectivity index (χ2n) is 7.43. The van der Waals surface area contributed by atoms with Crippen LogP contribution in [-0.2, 0) is 14.3 Å². The fraction of sp³-hybridized carbons (Fsp3) is 0.238. The highest BCUT2D eigenvalue weighted by atomic mass is 32.2. The standard InChI is InChI=1S/C21H21F3N4O5S/c1-14-7-9-16(10-8-14)34(31,32)33-13-20(30,21(22,23)24)12-26-19(29)17-11-27-28(18(17)25)15-5-3-2-4-6-15/h2-11,30H,12-13,25H2,1H3,(H,26,29). The van der Waals surface area contributed by atoms with Gasteiger partial charge in [-0.25, -0.2) is 4.68 Å². The van der Waals surface area contributed by atoms with Crippen molar-refractivity contribution in [3.05, 3.63) is 71.9 Å². The third kappa shape index (κ3) is 5.38. The summed E-state index contributed by atoms with van der Waals surface area (Å²) < 4.78 is 70.9. The van der Waals surface area contributed by atoms with Crippen molar-refractivity contribution in [2.24, 2.45) is 0 Å². The van der Waals surface area contributed by atoms with E-state index in [0.29, 0.717) is 5.69 Å². The molecule has 3 rings (SSSR count). The number of halogens is 3. The first-order valence-electron chi connectivity index (χ1n) is 9.76. The van der Waals surface area contributed by atoms with E-state index in [0.717, 1.165) is 23.9 Å². The number of anilines is 1. The molecule has 0 bridgehead atoms. The highest BCUT2D eigenvalue weighted by Gasteiger charge is 2.55. The molecule has 182 valence electrons. The highest BCUT2D eigenvalue weighted by molar-refractivity contribution is 7.86. The summed E-state index contributed by atoms with van der Waals surface area (Å²) in [6, 6.07) is 13.6. The van der Waals surface area contributed by atoms with Crippen molar-refractivity contribution >= 4 is 21.8 Å². The van der Waals surface area contributed by atoms with E-state index in [-0.39, 0.29) is 16.3 Å². The number of rotatable bonds is 8. The Morgan fingerprint density at radius 1 is 1.15 bits per heavy atom. The summed E-state index contributed by atoms with van der Waals surface area (Å²) in [5.41, 5.74) is 3.20. The average molecular weight is 498 g/mol. The Hall–Kier alpha value is -3.42. The molecule has 13 heteroatoms. The molecule has 3 aromatic rings. The maximum absolute atomic E-state index is 13.6. The van der Waals surface area contributed by atoms with Gasteiger partial charge in [-0.15, -0.1) is 0 Å². The molecular formula is C21H21F3N4O5S. The molecule has 0 saturated carbocycles. The van der Waals surface area contributed by atoms with Crippen LogP contribution in [0.25, 0.3) is 5.69 Å². The van der Waals surface area contributed by atoms with Crippen molar-refractivity contribution in [2.45, 2.75) is 23.6 Å². The predicted molar refractivity (Wildman–Crippen MR) is 116 cm³/mol. The van der Waals surface area contributed by atoms with E-state index in [1.54, 1.807) is 37.3 Å². The van der Waals surface area contributed by atoms with E-state index in [9.17, 15) is 31.5 Å². The number of aryl methyl sites for hydroxylation is 1. The Labute approximate surface area is 193 Å². The van der Waals surface area contributed by atoms with Gasteiger partial charge in [-0.3, -0.25) is 8.98 Å². The topological polar surface area (TPSA) is 137 Å². The van der Waals surface area contributed by atoms with Gasteiger partial charge in [-0.2, -0.15) is 26.7 Å². The van der Waals surface area contributed by atoms with Gasteiger partial charge in [0, 0.05) is 0 Å². The van der Waals surface area contributed by atoms with Gasteiger partial charge in [0.05, 0.1) is 23.3 Å². The van der Waals surface area contributed by atoms with E-state index >= 15 is 0 Å². The molecule has 0 fully saturated rings. The number of aromatic nitrogens is 2. The van der Waals surface area contributed by atoms with Gasteiger partial charge in [0.25, 0.3) is 16.0 Å². The molecule has 2 aromatic carbocycles. The SMILES string of the molecule is Cc1ccc(S(=O)(=O)OCC(O)(CNC(=O)c2cnn(-c3ccccc3)c2N)C(F)(F)F)cc1. The summed E-state index contributed by atoms with van der Waals surface area (Å²) in [5.74, 6) is -1.19. The lowest BCUT2D eigenvalue weighted by atomic mass is 10.1. The Balaban J connectivity index is 1.74. The van der Waals surface area contributed by atoms with Gasteiger partial charge in [-0.05, 0) is 31.2 Å². The maximum atomic E-state index is 13.6. The second kappa shape index (κ2) is 9.44.